The highest BCUT2D eigenvalue weighted by atomic mass is 19.1. The first-order valence-corrected chi connectivity index (χ1v) is 11.6. The minimum absolute atomic E-state index is 0.00140. The molecule has 2 N–H and O–H groups in total. The van der Waals surface area contributed by atoms with Gasteiger partial charge in [0.25, 0.3) is 11.9 Å². The monoisotopic (exact) mass is 454 g/mol. The van der Waals surface area contributed by atoms with Gasteiger partial charge in [-0.25, -0.2) is 4.39 Å². The van der Waals surface area contributed by atoms with Crippen molar-refractivity contribution in [3.63, 3.8) is 0 Å². The number of aliphatic carboxylic acids is 1. The quantitative estimate of drug-likeness (QED) is 0.719. The van der Waals surface area contributed by atoms with Crippen molar-refractivity contribution in [3.05, 3.63) is 59.4 Å². The van der Waals surface area contributed by atoms with Crippen LogP contribution in [0.3, 0.4) is 0 Å². The molecule has 0 aliphatic carbocycles. The smallest absolute Gasteiger partial charge is 0.300 e. The second-order valence-corrected chi connectivity index (χ2v) is 9.10. The predicted molar refractivity (Wildman–Crippen MR) is 124 cm³/mol. The first-order chi connectivity index (χ1) is 15.8. The number of rotatable bonds is 3. The summed E-state index contributed by atoms with van der Waals surface area (Å²) in [5.74, 6) is -1.29. The molecule has 2 aromatic carbocycles. The zero-order chi connectivity index (χ0) is 23.4. The molecular weight excluding hydrogens is 423 g/mol. The van der Waals surface area contributed by atoms with Crippen LogP contribution in [0, 0.1) is 5.82 Å². The van der Waals surface area contributed by atoms with Gasteiger partial charge in [-0.2, -0.15) is 0 Å². The van der Waals surface area contributed by atoms with E-state index in [1.165, 1.54) is 24.1 Å². The Morgan fingerprint density at radius 2 is 1.85 bits per heavy atom. The highest BCUT2D eigenvalue weighted by Gasteiger charge is 2.42. The molecule has 2 aromatic rings. The number of amides is 1. The van der Waals surface area contributed by atoms with Crippen molar-refractivity contribution < 1.29 is 23.8 Å². The number of carbonyl (C=O) groups is 2. The molecule has 33 heavy (non-hydrogen) atoms. The fourth-order valence-corrected chi connectivity index (χ4v) is 4.87. The number of hydrogen-bond acceptors (Lipinski definition) is 4. The number of carboxylic acids is 1. The van der Waals surface area contributed by atoms with E-state index in [1.54, 1.807) is 0 Å². The van der Waals surface area contributed by atoms with E-state index in [0.29, 0.717) is 24.7 Å². The summed E-state index contributed by atoms with van der Waals surface area (Å²) in [4.78, 5) is 23.9. The molecule has 3 aliphatic rings. The van der Waals surface area contributed by atoms with Crippen molar-refractivity contribution in [2.24, 2.45) is 0 Å². The zero-order valence-corrected chi connectivity index (χ0v) is 19.0. The number of halogens is 1. The van der Waals surface area contributed by atoms with Crippen LogP contribution in [0.15, 0.2) is 42.5 Å². The van der Waals surface area contributed by atoms with Crippen LogP contribution in [-0.4, -0.2) is 53.7 Å². The van der Waals surface area contributed by atoms with Gasteiger partial charge < -0.3 is 20.1 Å². The number of benzene rings is 2. The van der Waals surface area contributed by atoms with Crippen LogP contribution in [0.25, 0.3) is 11.1 Å². The van der Waals surface area contributed by atoms with E-state index in [-0.39, 0.29) is 17.3 Å². The van der Waals surface area contributed by atoms with Gasteiger partial charge in [-0.3, -0.25) is 9.59 Å². The molecule has 0 aromatic heterocycles. The summed E-state index contributed by atoms with van der Waals surface area (Å²) in [6.45, 7) is 4.30. The Bertz CT molecular complexity index is 1000. The Hall–Kier alpha value is -2.77. The lowest BCUT2D eigenvalue weighted by atomic mass is 9.84. The third-order valence-corrected chi connectivity index (χ3v) is 6.76. The summed E-state index contributed by atoms with van der Waals surface area (Å²) in [5.41, 5.74) is 3.35. The van der Waals surface area contributed by atoms with Crippen LogP contribution >= 0.6 is 0 Å². The third kappa shape index (κ3) is 5.60. The van der Waals surface area contributed by atoms with Crippen LogP contribution in [0.5, 0.6) is 0 Å². The average molecular weight is 455 g/mol. The van der Waals surface area contributed by atoms with Gasteiger partial charge in [-0.05, 0) is 79.6 Å². The van der Waals surface area contributed by atoms with Gasteiger partial charge in [0.1, 0.15) is 5.82 Å². The van der Waals surface area contributed by atoms with E-state index in [2.05, 4.69) is 17.4 Å². The van der Waals surface area contributed by atoms with Crippen molar-refractivity contribution in [1.82, 2.24) is 10.2 Å². The van der Waals surface area contributed by atoms with E-state index < -0.39 is 5.97 Å². The first-order valence-electron chi connectivity index (χ1n) is 11.6. The van der Waals surface area contributed by atoms with Gasteiger partial charge >= 0.3 is 0 Å². The largest absolute Gasteiger partial charge is 0.481 e. The summed E-state index contributed by atoms with van der Waals surface area (Å²) >= 11 is 0. The van der Waals surface area contributed by atoms with Crippen molar-refractivity contribution in [2.75, 3.05) is 26.2 Å². The molecule has 0 bridgehead atoms. The van der Waals surface area contributed by atoms with Gasteiger partial charge in [0.15, 0.2) is 0 Å². The number of likely N-dealkylation sites (tertiary alicyclic amines) is 1. The van der Waals surface area contributed by atoms with Crippen molar-refractivity contribution in [3.8, 4) is 11.1 Å². The molecule has 0 saturated carbocycles. The number of carboxylic acid groups (broad SMARTS) is 1. The fraction of sp³-hybridized carbons (Fsp3) is 0.462. The highest BCUT2D eigenvalue weighted by molar-refractivity contribution is 5.95. The molecule has 3 heterocycles. The Morgan fingerprint density at radius 3 is 2.45 bits per heavy atom. The van der Waals surface area contributed by atoms with Crippen LogP contribution in [0.1, 0.15) is 61.0 Å². The summed E-state index contributed by atoms with van der Waals surface area (Å²) in [6.07, 6.45) is 5.13. The second-order valence-electron chi connectivity index (χ2n) is 9.10. The maximum atomic E-state index is 14.4. The summed E-state index contributed by atoms with van der Waals surface area (Å²) in [7, 11) is 0. The lowest BCUT2D eigenvalue weighted by Crippen LogP contribution is -2.53. The molecule has 1 atom stereocenters. The van der Waals surface area contributed by atoms with Crippen LogP contribution in [0.2, 0.25) is 0 Å². The third-order valence-electron chi connectivity index (χ3n) is 6.76. The van der Waals surface area contributed by atoms with E-state index >= 15 is 0 Å². The van der Waals surface area contributed by atoms with Gasteiger partial charge in [-0.1, -0.05) is 18.2 Å². The molecule has 6 nitrogen and oxygen atoms in total. The van der Waals surface area contributed by atoms with Crippen molar-refractivity contribution in [1.29, 1.82) is 0 Å². The van der Waals surface area contributed by atoms with E-state index in [4.69, 9.17) is 14.6 Å². The fourth-order valence-electron chi connectivity index (χ4n) is 4.87. The highest BCUT2D eigenvalue weighted by Crippen LogP contribution is 2.37. The van der Waals surface area contributed by atoms with Crippen LogP contribution in [0.4, 0.5) is 4.39 Å². The number of ether oxygens (including phenoxy) is 1. The lowest BCUT2D eigenvalue weighted by Gasteiger charge is -2.47. The molecule has 5 rings (SSSR count). The van der Waals surface area contributed by atoms with Crippen molar-refractivity contribution in [2.45, 2.75) is 50.7 Å². The molecule has 3 aliphatic heterocycles. The number of nitrogens with one attached hydrogen (secondary N) is 1. The predicted octanol–water partition coefficient (Wildman–Crippen LogP) is 4.40. The maximum Gasteiger partial charge on any atom is 0.300 e. The SMILES string of the molecule is CC(=O)O.O=C(c1cc(F)cc(-c2cccc(C3CCCN3)c2)c1)N1CCC2(CCO2)CC1. The summed E-state index contributed by atoms with van der Waals surface area (Å²) < 4.78 is 20.2. The zero-order valence-electron chi connectivity index (χ0n) is 19.0. The molecule has 1 unspecified atom stereocenters. The summed E-state index contributed by atoms with van der Waals surface area (Å²) in [5, 5.41) is 10.9. The van der Waals surface area contributed by atoms with E-state index in [9.17, 15) is 9.18 Å². The molecule has 7 heteroatoms. The molecule has 0 radical (unpaired) electrons. The topological polar surface area (TPSA) is 78.9 Å². The molecule has 3 fully saturated rings. The average Bonchev–Trinajstić information content (AvgIpc) is 3.32. The summed E-state index contributed by atoms with van der Waals surface area (Å²) in [6, 6.07) is 13.3. The van der Waals surface area contributed by atoms with Gasteiger partial charge in [-0.15, -0.1) is 0 Å². The van der Waals surface area contributed by atoms with Gasteiger partial charge in [0, 0.05) is 31.6 Å². The number of carbonyl (C=O) groups excluding carboxylic acids is 1. The van der Waals surface area contributed by atoms with Crippen LogP contribution < -0.4 is 5.32 Å². The van der Waals surface area contributed by atoms with E-state index in [1.807, 2.05) is 23.1 Å². The molecule has 1 amide bonds. The molecule has 3 saturated heterocycles. The van der Waals surface area contributed by atoms with Crippen molar-refractivity contribution >= 4 is 11.9 Å². The Balaban J connectivity index is 0.000000601. The molecule has 1 spiro atoms. The Morgan fingerprint density at radius 1 is 1.12 bits per heavy atom. The standard InChI is InChI=1S/C24H27FN2O2.C2H4O2/c25-21-15-19(17-3-1-4-18(13-17)22-5-2-9-26-22)14-20(16-21)23(28)27-10-6-24(7-11-27)8-12-29-24;1-2(3)4/h1,3-4,13-16,22,26H,2,5-12H2;1H3,(H,3,4). The maximum absolute atomic E-state index is 14.4. The number of nitrogens with zero attached hydrogens (tertiary/aromatic N) is 1. The minimum Gasteiger partial charge on any atom is -0.481 e. The minimum atomic E-state index is -0.833. The van der Waals surface area contributed by atoms with Gasteiger partial charge in [0.05, 0.1) is 12.2 Å². The Kier molecular flexibility index (Phi) is 7.10. The molecule has 176 valence electrons. The first kappa shape index (κ1) is 23.4. The number of hydrogen-bond donors (Lipinski definition) is 2. The Labute approximate surface area is 193 Å². The second kappa shape index (κ2) is 10.0. The lowest BCUT2D eigenvalue weighted by molar-refractivity contribution is -0.169. The normalized spacial score (nSPS) is 21.2. The van der Waals surface area contributed by atoms with E-state index in [0.717, 1.165) is 56.9 Å². The van der Waals surface area contributed by atoms with Crippen LogP contribution in [-0.2, 0) is 9.53 Å². The van der Waals surface area contributed by atoms with Gasteiger partial charge in [0.2, 0.25) is 0 Å². The molecular formula is C26H31FN2O4. The number of piperidine rings is 1.